The number of halogens is 1. The van der Waals surface area contributed by atoms with E-state index in [9.17, 15) is 9.50 Å². The number of aliphatic hydroxyl groups is 1. The van der Waals surface area contributed by atoms with Gasteiger partial charge in [-0.05, 0) is 50.3 Å². The van der Waals surface area contributed by atoms with E-state index in [1.165, 1.54) is 44.4 Å². The number of nitrogens with zero attached hydrogens (tertiary/aromatic N) is 2. The van der Waals surface area contributed by atoms with Crippen LogP contribution in [0.2, 0.25) is 0 Å². The minimum Gasteiger partial charge on any atom is -0.386 e. The average Bonchev–Trinajstić information content (AvgIpc) is 2.97. The zero-order valence-electron chi connectivity index (χ0n) is 12.7. The van der Waals surface area contributed by atoms with Crippen molar-refractivity contribution in [3.05, 3.63) is 29.8 Å². The molecule has 1 aliphatic heterocycles. The molecule has 116 valence electrons. The molecule has 3 rings (SSSR count). The van der Waals surface area contributed by atoms with Crippen molar-refractivity contribution in [2.75, 3.05) is 13.1 Å². The highest BCUT2D eigenvalue weighted by Gasteiger charge is 2.36. The first-order valence-electron chi connectivity index (χ1n) is 8.18. The summed E-state index contributed by atoms with van der Waals surface area (Å²) in [6, 6.07) is 3.67. The highest BCUT2D eigenvalue weighted by atomic mass is 19.1. The van der Waals surface area contributed by atoms with Gasteiger partial charge in [0.05, 0.1) is 18.0 Å². The van der Waals surface area contributed by atoms with Crippen LogP contribution in [0.25, 0.3) is 0 Å². The first kappa shape index (κ1) is 14.9. The van der Waals surface area contributed by atoms with Crippen molar-refractivity contribution in [3.63, 3.8) is 0 Å². The van der Waals surface area contributed by atoms with Crippen LogP contribution in [-0.4, -0.2) is 34.1 Å². The third-order valence-corrected chi connectivity index (χ3v) is 5.22. The lowest BCUT2D eigenvalue weighted by molar-refractivity contribution is 0.0455. The number of pyridine rings is 1. The molecule has 0 aromatic carbocycles. The average molecular weight is 292 g/mol. The van der Waals surface area contributed by atoms with Gasteiger partial charge in [-0.25, -0.2) is 4.39 Å². The lowest BCUT2D eigenvalue weighted by Crippen LogP contribution is -2.45. The molecule has 2 heterocycles. The number of hydrogen-bond acceptors (Lipinski definition) is 3. The van der Waals surface area contributed by atoms with E-state index in [0.29, 0.717) is 5.69 Å². The Hall–Kier alpha value is -1.00. The van der Waals surface area contributed by atoms with Crippen molar-refractivity contribution < 1.29 is 9.50 Å². The lowest BCUT2D eigenvalue weighted by Gasteiger charge is -2.39. The molecule has 1 N–H and O–H groups in total. The van der Waals surface area contributed by atoms with Crippen LogP contribution >= 0.6 is 0 Å². The zero-order valence-corrected chi connectivity index (χ0v) is 12.7. The Bertz CT molecular complexity index is 464. The fourth-order valence-electron chi connectivity index (χ4n) is 4.11. The Labute approximate surface area is 126 Å². The molecule has 0 spiro atoms. The van der Waals surface area contributed by atoms with Gasteiger partial charge in [0.2, 0.25) is 0 Å². The second kappa shape index (κ2) is 6.41. The van der Waals surface area contributed by atoms with Crippen molar-refractivity contribution in [2.45, 2.75) is 51.2 Å². The predicted octanol–water partition coefficient (Wildman–Crippen LogP) is 3.15. The summed E-state index contributed by atoms with van der Waals surface area (Å²) in [5, 5.41) is 10.4. The van der Waals surface area contributed by atoms with Crippen molar-refractivity contribution in [2.24, 2.45) is 11.8 Å². The van der Waals surface area contributed by atoms with Gasteiger partial charge in [0.1, 0.15) is 5.82 Å². The molecule has 4 heteroatoms. The molecular weight excluding hydrogens is 267 g/mol. The van der Waals surface area contributed by atoms with Crippen LogP contribution in [0.4, 0.5) is 4.39 Å². The van der Waals surface area contributed by atoms with Gasteiger partial charge < -0.3 is 5.11 Å². The third-order valence-electron chi connectivity index (χ3n) is 5.22. The zero-order chi connectivity index (χ0) is 14.8. The largest absolute Gasteiger partial charge is 0.386 e. The number of fused-ring (bicyclic) bond motifs is 1. The maximum atomic E-state index is 12.9. The summed E-state index contributed by atoms with van der Waals surface area (Å²) in [4.78, 5) is 6.58. The smallest absolute Gasteiger partial charge is 0.141 e. The molecule has 2 aliphatic rings. The third kappa shape index (κ3) is 3.27. The minimum atomic E-state index is -0.618. The molecule has 0 radical (unpaired) electrons. The summed E-state index contributed by atoms with van der Waals surface area (Å²) in [6.45, 7) is 4.12. The summed E-state index contributed by atoms with van der Waals surface area (Å²) in [5.74, 6) is 0.623. The summed E-state index contributed by atoms with van der Waals surface area (Å²) < 4.78 is 12.9. The van der Waals surface area contributed by atoms with Crippen LogP contribution in [0.5, 0.6) is 0 Å². The van der Waals surface area contributed by atoms with E-state index < -0.39 is 6.10 Å². The molecule has 4 unspecified atom stereocenters. The van der Waals surface area contributed by atoms with Gasteiger partial charge in [0.25, 0.3) is 0 Å². The second-order valence-electron chi connectivity index (χ2n) is 6.72. The van der Waals surface area contributed by atoms with Crippen LogP contribution < -0.4 is 0 Å². The normalized spacial score (nSPS) is 29.1. The standard InChI is InChI=1S/C17H25FN2O/c1-12(17(21)15-8-7-14(18)10-19-15)11-20-9-3-5-13-4-2-6-16(13)20/h7-8,10,12-13,16-17,21H,2-6,9,11H2,1H3. The summed E-state index contributed by atoms with van der Waals surface area (Å²) in [6.07, 6.45) is 7.24. The van der Waals surface area contributed by atoms with Crippen molar-refractivity contribution >= 4 is 0 Å². The van der Waals surface area contributed by atoms with Gasteiger partial charge in [-0.2, -0.15) is 0 Å². The predicted molar refractivity (Wildman–Crippen MR) is 80.3 cm³/mol. The van der Waals surface area contributed by atoms with E-state index in [1.807, 2.05) is 0 Å². The van der Waals surface area contributed by atoms with Crippen LogP contribution in [0.1, 0.15) is 50.8 Å². The lowest BCUT2D eigenvalue weighted by atomic mass is 9.90. The van der Waals surface area contributed by atoms with Crippen molar-refractivity contribution in [1.29, 1.82) is 0 Å². The van der Waals surface area contributed by atoms with E-state index >= 15 is 0 Å². The fraction of sp³-hybridized carbons (Fsp3) is 0.706. The summed E-state index contributed by atoms with van der Waals surface area (Å²) in [7, 11) is 0. The van der Waals surface area contributed by atoms with Gasteiger partial charge in [0, 0.05) is 18.5 Å². The number of aliphatic hydroxyl groups excluding tert-OH is 1. The van der Waals surface area contributed by atoms with Crippen molar-refractivity contribution in [3.8, 4) is 0 Å². The molecule has 1 aromatic heterocycles. The molecule has 1 aliphatic carbocycles. The van der Waals surface area contributed by atoms with Crippen LogP contribution in [0, 0.1) is 17.7 Å². The number of likely N-dealkylation sites (tertiary alicyclic amines) is 1. The Kier molecular flexibility index (Phi) is 4.55. The van der Waals surface area contributed by atoms with Gasteiger partial charge in [-0.1, -0.05) is 13.3 Å². The highest BCUT2D eigenvalue weighted by molar-refractivity contribution is 5.09. The maximum absolute atomic E-state index is 12.9. The number of piperidine rings is 1. The molecule has 1 saturated carbocycles. The fourth-order valence-corrected chi connectivity index (χ4v) is 4.11. The topological polar surface area (TPSA) is 36.4 Å². The molecule has 2 fully saturated rings. The molecule has 4 atom stereocenters. The quantitative estimate of drug-likeness (QED) is 0.926. The van der Waals surface area contributed by atoms with Crippen molar-refractivity contribution in [1.82, 2.24) is 9.88 Å². The molecule has 1 saturated heterocycles. The van der Waals surface area contributed by atoms with E-state index in [-0.39, 0.29) is 11.7 Å². The van der Waals surface area contributed by atoms with Crippen LogP contribution in [0.3, 0.4) is 0 Å². The van der Waals surface area contributed by atoms with E-state index in [0.717, 1.165) is 25.0 Å². The monoisotopic (exact) mass is 292 g/mol. The maximum Gasteiger partial charge on any atom is 0.141 e. The second-order valence-corrected chi connectivity index (χ2v) is 6.72. The molecule has 21 heavy (non-hydrogen) atoms. The SMILES string of the molecule is CC(CN1CCCC2CCCC21)C(O)c1ccc(F)cn1. The first-order chi connectivity index (χ1) is 10.1. The molecule has 3 nitrogen and oxygen atoms in total. The van der Waals surface area contributed by atoms with E-state index in [1.54, 1.807) is 6.07 Å². The van der Waals surface area contributed by atoms with E-state index in [2.05, 4.69) is 16.8 Å². The van der Waals surface area contributed by atoms with Crippen LogP contribution in [0.15, 0.2) is 18.3 Å². The van der Waals surface area contributed by atoms with Gasteiger partial charge in [0.15, 0.2) is 0 Å². The van der Waals surface area contributed by atoms with Crippen LogP contribution in [-0.2, 0) is 0 Å². The van der Waals surface area contributed by atoms with Gasteiger partial charge in [-0.15, -0.1) is 0 Å². The molecule has 1 aromatic rings. The Morgan fingerprint density at radius 1 is 1.33 bits per heavy atom. The molecule has 0 bridgehead atoms. The minimum absolute atomic E-state index is 0.113. The highest BCUT2D eigenvalue weighted by Crippen LogP contribution is 2.37. The Morgan fingerprint density at radius 3 is 2.90 bits per heavy atom. The Balaban J connectivity index is 1.62. The summed E-state index contributed by atoms with van der Waals surface area (Å²) >= 11 is 0. The number of rotatable bonds is 4. The van der Waals surface area contributed by atoms with E-state index in [4.69, 9.17) is 0 Å². The summed E-state index contributed by atoms with van der Waals surface area (Å²) in [5.41, 5.74) is 0.573. The molecular formula is C17H25FN2O. The number of aromatic nitrogens is 1. The Morgan fingerprint density at radius 2 is 2.14 bits per heavy atom. The first-order valence-corrected chi connectivity index (χ1v) is 8.18. The van der Waals surface area contributed by atoms with Gasteiger partial charge >= 0.3 is 0 Å². The van der Waals surface area contributed by atoms with Gasteiger partial charge in [-0.3, -0.25) is 9.88 Å². The molecule has 0 amide bonds. The number of hydrogen-bond donors (Lipinski definition) is 1.